The Kier molecular flexibility index (Phi) is 7.35. The van der Waals surface area contributed by atoms with Crippen LogP contribution in [0.1, 0.15) is 38.2 Å². The van der Waals surface area contributed by atoms with E-state index in [-0.39, 0.29) is 12.6 Å². The van der Waals surface area contributed by atoms with Crippen molar-refractivity contribution in [2.45, 2.75) is 44.6 Å². The maximum absolute atomic E-state index is 14.0. The highest BCUT2D eigenvalue weighted by Gasteiger charge is 2.43. The van der Waals surface area contributed by atoms with Gasteiger partial charge in [-0.2, -0.15) is 8.78 Å². The van der Waals surface area contributed by atoms with Gasteiger partial charge in [0.15, 0.2) is 5.15 Å². The van der Waals surface area contributed by atoms with E-state index in [0.717, 1.165) is 49.3 Å². The monoisotopic (exact) mass is 490 g/mol. The summed E-state index contributed by atoms with van der Waals surface area (Å²) in [5.74, 6) is -3.96. The number of esters is 1. The Labute approximate surface area is 200 Å². The summed E-state index contributed by atoms with van der Waals surface area (Å²) in [5, 5.41) is 7.91. The number of halogens is 3. The van der Waals surface area contributed by atoms with Gasteiger partial charge in [-0.15, -0.1) is 0 Å². The lowest BCUT2D eigenvalue weighted by atomic mass is 9.86. The van der Waals surface area contributed by atoms with Gasteiger partial charge in [-0.3, -0.25) is 0 Å². The average Bonchev–Trinajstić information content (AvgIpc) is 2.84. The zero-order valence-corrected chi connectivity index (χ0v) is 19.4. The first kappa shape index (κ1) is 24.0. The number of hydrogen-bond acceptors (Lipinski definition) is 8. The molecule has 0 atom stereocenters. The number of pyridine rings is 2. The van der Waals surface area contributed by atoms with Crippen LogP contribution in [0.5, 0.6) is 0 Å². The molecule has 2 N–H and O–H groups in total. The molecule has 180 valence electrons. The minimum absolute atomic E-state index is 0.128. The summed E-state index contributed by atoms with van der Waals surface area (Å²) >= 11 is 6.16. The molecule has 1 aliphatic carbocycles. The van der Waals surface area contributed by atoms with Gasteiger partial charge in [0.05, 0.1) is 12.2 Å². The van der Waals surface area contributed by atoms with Crippen molar-refractivity contribution < 1.29 is 18.3 Å². The molecule has 4 rings (SSSR count). The fraction of sp³-hybridized carbons (Fsp3) is 0.435. The van der Waals surface area contributed by atoms with E-state index in [1.807, 2.05) is 18.2 Å². The summed E-state index contributed by atoms with van der Waals surface area (Å²) in [5.41, 5.74) is 0.0838. The number of nitrogens with zero attached hydrogens (tertiary/aromatic N) is 4. The summed E-state index contributed by atoms with van der Waals surface area (Å²) in [4.78, 5) is 28.0. The lowest BCUT2D eigenvalue weighted by Gasteiger charge is -2.29. The lowest BCUT2D eigenvalue weighted by Crippen LogP contribution is -2.30. The van der Waals surface area contributed by atoms with E-state index in [4.69, 9.17) is 11.6 Å². The number of ether oxygens (including phenoxy) is 1. The largest absolute Gasteiger partial charge is 0.461 e. The molecule has 3 aromatic rings. The number of carbonyl (C=O) groups is 1. The highest BCUT2D eigenvalue weighted by Crippen LogP contribution is 2.30. The van der Waals surface area contributed by atoms with Crippen LogP contribution < -0.4 is 10.6 Å². The molecule has 1 aliphatic rings. The molecule has 0 aromatic carbocycles. The Morgan fingerprint density at radius 3 is 2.59 bits per heavy atom. The third kappa shape index (κ3) is 5.49. The molecule has 8 nitrogen and oxygen atoms in total. The molecule has 1 fully saturated rings. The van der Waals surface area contributed by atoms with E-state index in [1.54, 1.807) is 6.20 Å². The van der Waals surface area contributed by atoms with Crippen LogP contribution >= 0.6 is 11.6 Å². The van der Waals surface area contributed by atoms with Crippen molar-refractivity contribution in [1.29, 1.82) is 0 Å². The third-order valence-corrected chi connectivity index (χ3v) is 6.13. The topological polar surface area (TPSA) is 102 Å². The van der Waals surface area contributed by atoms with Gasteiger partial charge in [0.1, 0.15) is 11.3 Å². The van der Waals surface area contributed by atoms with E-state index in [1.165, 1.54) is 6.92 Å². The van der Waals surface area contributed by atoms with Crippen molar-refractivity contribution in [2.24, 2.45) is 5.92 Å². The number of carbonyl (C=O) groups excluding carboxylic acids is 1. The number of alkyl halides is 2. The minimum atomic E-state index is -3.78. The molecule has 1 saturated carbocycles. The van der Waals surface area contributed by atoms with Crippen molar-refractivity contribution in [3.05, 3.63) is 47.5 Å². The smallest absolute Gasteiger partial charge is 0.382 e. The molecular formula is C23H25ClF2N6O2. The quantitative estimate of drug-likeness (QED) is 0.342. The summed E-state index contributed by atoms with van der Waals surface area (Å²) in [6.45, 7) is 1.97. The van der Waals surface area contributed by atoms with Gasteiger partial charge in [-0.05, 0) is 56.7 Å². The number of nitrogens with one attached hydrogen (secondary N) is 2. The number of fused-ring (bicyclic) bond motifs is 1. The zero-order chi connectivity index (χ0) is 24.1. The van der Waals surface area contributed by atoms with Gasteiger partial charge >= 0.3 is 11.9 Å². The van der Waals surface area contributed by atoms with Crippen molar-refractivity contribution >= 4 is 40.2 Å². The Bertz CT molecular complexity index is 1140. The fourth-order valence-corrected chi connectivity index (χ4v) is 4.18. The van der Waals surface area contributed by atoms with Crippen LogP contribution in [0, 0.1) is 5.92 Å². The maximum atomic E-state index is 14.0. The van der Waals surface area contributed by atoms with Crippen LogP contribution in [0.4, 0.5) is 20.5 Å². The summed E-state index contributed by atoms with van der Waals surface area (Å²) in [6, 6.07) is 6.09. The van der Waals surface area contributed by atoms with Crippen molar-refractivity contribution in [3.63, 3.8) is 0 Å². The van der Waals surface area contributed by atoms with Crippen LogP contribution in [0.15, 0.2) is 36.8 Å². The molecule has 11 heteroatoms. The second-order valence-corrected chi connectivity index (χ2v) is 8.56. The second kappa shape index (κ2) is 10.4. The van der Waals surface area contributed by atoms with Crippen molar-refractivity contribution in [1.82, 2.24) is 19.9 Å². The Morgan fingerprint density at radius 1 is 1.15 bits per heavy atom. The molecule has 34 heavy (non-hydrogen) atoms. The third-order valence-electron chi connectivity index (χ3n) is 5.86. The van der Waals surface area contributed by atoms with E-state index >= 15 is 0 Å². The molecule has 0 bridgehead atoms. The van der Waals surface area contributed by atoms with Crippen LogP contribution in [-0.2, 0) is 15.5 Å². The highest BCUT2D eigenvalue weighted by atomic mass is 35.5. The lowest BCUT2D eigenvalue weighted by molar-refractivity contribution is -0.173. The van der Waals surface area contributed by atoms with Crippen molar-refractivity contribution in [3.8, 4) is 0 Å². The molecule has 0 amide bonds. The number of anilines is 2. The molecule has 3 heterocycles. The van der Waals surface area contributed by atoms with E-state index in [9.17, 15) is 13.6 Å². The predicted octanol–water partition coefficient (Wildman–Crippen LogP) is 4.81. The van der Waals surface area contributed by atoms with Gasteiger partial charge in [0.2, 0.25) is 5.95 Å². The number of aromatic nitrogens is 4. The molecule has 0 unspecified atom stereocenters. The fourth-order valence-electron chi connectivity index (χ4n) is 3.97. The molecule has 0 aliphatic heterocycles. The van der Waals surface area contributed by atoms with Gasteiger partial charge in [-0.1, -0.05) is 11.6 Å². The van der Waals surface area contributed by atoms with Crippen LogP contribution in [0.3, 0.4) is 0 Å². The highest BCUT2D eigenvalue weighted by molar-refractivity contribution is 6.33. The first-order valence-electron chi connectivity index (χ1n) is 11.2. The Morgan fingerprint density at radius 2 is 1.88 bits per heavy atom. The van der Waals surface area contributed by atoms with Crippen LogP contribution in [0.2, 0.25) is 5.15 Å². The van der Waals surface area contributed by atoms with E-state index in [0.29, 0.717) is 29.2 Å². The summed E-state index contributed by atoms with van der Waals surface area (Å²) < 4.78 is 32.5. The first-order chi connectivity index (χ1) is 16.4. The molecule has 0 spiro atoms. The number of rotatable bonds is 8. The SMILES string of the molecule is CCOC(=O)C(F)(F)c1cnc(NCC2CCC(Nc3ccc4ccnc(Cl)c4n3)CC2)nc1. The normalized spacial score (nSPS) is 18.5. The Hall–Kier alpha value is -3.14. The Balaban J connectivity index is 1.25. The van der Waals surface area contributed by atoms with Gasteiger partial charge in [-0.25, -0.2) is 24.7 Å². The van der Waals surface area contributed by atoms with E-state index in [2.05, 4.69) is 35.3 Å². The summed E-state index contributed by atoms with van der Waals surface area (Å²) in [7, 11) is 0. The molecular weight excluding hydrogens is 466 g/mol. The van der Waals surface area contributed by atoms with Crippen LogP contribution in [-0.4, -0.2) is 45.1 Å². The predicted molar refractivity (Wildman–Crippen MR) is 125 cm³/mol. The average molecular weight is 491 g/mol. The van der Waals surface area contributed by atoms with Gasteiger partial charge < -0.3 is 15.4 Å². The molecule has 3 aromatic heterocycles. The first-order valence-corrected chi connectivity index (χ1v) is 11.5. The van der Waals surface area contributed by atoms with Gasteiger partial charge in [0.25, 0.3) is 0 Å². The zero-order valence-electron chi connectivity index (χ0n) is 18.6. The minimum Gasteiger partial charge on any atom is -0.461 e. The van der Waals surface area contributed by atoms with Gasteiger partial charge in [0, 0.05) is 36.6 Å². The maximum Gasteiger partial charge on any atom is 0.382 e. The van der Waals surface area contributed by atoms with E-state index < -0.39 is 17.5 Å². The number of hydrogen-bond donors (Lipinski definition) is 2. The standard InChI is InChI=1S/C23H25ClF2N6O2/c1-2-34-21(33)23(25,26)16-12-29-22(30-13-16)28-11-14-3-6-17(7-4-14)31-18-8-5-15-9-10-27-20(24)19(15)32-18/h5,8-10,12-14,17H,2-4,6-7,11H2,1H3,(H,31,32)(H,28,29,30). The second-order valence-electron chi connectivity index (χ2n) is 8.20. The summed E-state index contributed by atoms with van der Waals surface area (Å²) in [6.07, 6.45) is 7.47. The van der Waals surface area contributed by atoms with Crippen LogP contribution in [0.25, 0.3) is 10.9 Å². The molecule has 0 saturated heterocycles. The molecule has 0 radical (unpaired) electrons. The van der Waals surface area contributed by atoms with Crippen molar-refractivity contribution in [2.75, 3.05) is 23.8 Å².